The number of halogens is 1. The number of nitrogens with one attached hydrogen (secondary N) is 1. The molecule has 0 aliphatic carbocycles. The van der Waals surface area contributed by atoms with E-state index < -0.39 is 0 Å². The van der Waals surface area contributed by atoms with E-state index in [2.05, 4.69) is 21.8 Å². The van der Waals surface area contributed by atoms with Crippen LogP contribution in [-0.2, 0) is 6.54 Å². The van der Waals surface area contributed by atoms with E-state index in [1.54, 1.807) is 24.4 Å². The fourth-order valence-corrected chi connectivity index (χ4v) is 3.17. The molecule has 0 atom stereocenters. The second-order valence-electron chi connectivity index (χ2n) is 5.01. The largest absolute Gasteiger partial charge is 0.359 e. The van der Waals surface area contributed by atoms with Crippen molar-refractivity contribution in [3.05, 3.63) is 66.0 Å². The summed E-state index contributed by atoms with van der Waals surface area (Å²) in [7, 11) is 0. The maximum Gasteiger partial charge on any atom is 0.192 e. The molecule has 1 N–H and O–H groups in total. The number of aromatic nitrogens is 4. The van der Waals surface area contributed by atoms with E-state index >= 15 is 0 Å². The lowest BCUT2D eigenvalue weighted by Crippen LogP contribution is -2.05. The van der Waals surface area contributed by atoms with Gasteiger partial charge in [-0.15, -0.1) is 16.8 Å². The normalized spacial score (nSPS) is 10.7. The number of carbonyl (C=O) groups excluding carboxylic acids is 1. The zero-order valence-electron chi connectivity index (χ0n) is 12.8. The van der Waals surface area contributed by atoms with Crippen molar-refractivity contribution in [3.8, 4) is 11.4 Å². The number of aromatic amines is 1. The predicted octanol–water partition coefficient (Wildman–Crippen LogP) is 4.09. The fourth-order valence-electron chi connectivity index (χ4n) is 2.21. The van der Waals surface area contributed by atoms with Crippen LogP contribution < -0.4 is 0 Å². The predicted molar refractivity (Wildman–Crippen MR) is 96.5 cm³/mol. The lowest BCUT2D eigenvalue weighted by Gasteiger charge is -2.07. The summed E-state index contributed by atoms with van der Waals surface area (Å²) in [5.41, 5.74) is 1.51. The molecule has 0 fully saturated rings. The topological polar surface area (TPSA) is 63.6 Å². The number of rotatable bonds is 7. The molecule has 7 heteroatoms. The Labute approximate surface area is 148 Å². The van der Waals surface area contributed by atoms with Gasteiger partial charge in [0.15, 0.2) is 16.8 Å². The van der Waals surface area contributed by atoms with Crippen molar-refractivity contribution in [2.75, 3.05) is 5.75 Å². The van der Waals surface area contributed by atoms with Gasteiger partial charge in [0.25, 0.3) is 0 Å². The summed E-state index contributed by atoms with van der Waals surface area (Å²) in [4.78, 5) is 15.0. The monoisotopic (exact) mass is 358 g/mol. The summed E-state index contributed by atoms with van der Waals surface area (Å²) < 4.78 is 1.93. The number of ketones is 1. The van der Waals surface area contributed by atoms with Crippen LogP contribution in [0.25, 0.3) is 11.4 Å². The van der Waals surface area contributed by atoms with Gasteiger partial charge in [-0.25, -0.2) is 0 Å². The van der Waals surface area contributed by atoms with Gasteiger partial charge in [0.1, 0.15) is 0 Å². The third-order valence-corrected chi connectivity index (χ3v) is 4.58. The number of hydrogen-bond acceptors (Lipinski definition) is 4. The Morgan fingerprint density at radius 3 is 2.75 bits per heavy atom. The first kappa shape index (κ1) is 16.5. The van der Waals surface area contributed by atoms with Gasteiger partial charge in [-0.2, -0.15) is 0 Å². The molecule has 0 spiro atoms. The first-order chi connectivity index (χ1) is 11.7. The van der Waals surface area contributed by atoms with Gasteiger partial charge in [0, 0.05) is 23.3 Å². The van der Waals surface area contributed by atoms with Crippen LogP contribution in [0.4, 0.5) is 0 Å². The van der Waals surface area contributed by atoms with Crippen molar-refractivity contribution in [1.29, 1.82) is 0 Å². The van der Waals surface area contributed by atoms with Gasteiger partial charge in [-0.1, -0.05) is 29.4 Å². The van der Waals surface area contributed by atoms with Crippen LogP contribution >= 0.6 is 23.4 Å². The van der Waals surface area contributed by atoms with Crippen LogP contribution in [0, 0.1) is 0 Å². The number of carbonyl (C=O) groups is 1. The molecule has 0 bridgehead atoms. The van der Waals surface area contributed by atoms with E-state index in [-0.39, 0.29) is 11.5 Å². The smallest absolute Gasteiger partial charge is 0.192 e. The number of hydrogen-bond donors (Lipinski definition) is 1. The lowest BCUT2D eigenvalue weighted by molar-refractivity contribution is 0.101. The molecule has 24 heavy (non-hydrogen) atoms. The summed E-state index contributed by atoms with van der Waals surface area (Å²) >= 11 is 7.29. The number of thioether (sulfide) groups is 1. The number of benzene rings is 1. The van der Waals surface area contributed by atoms with Gasteiger partial charge in [0.05, 0.1) is 11.4 Å². The summed E-state index contributed by atoms with van der Waals surface area (Å²) in [5, 5.41) is 9.82. The molecular formula is C17H15ClN4OS. The molecule has 0 unspecified atom stereocenters. The highest BCUT2D eigenvalue weighted by Gasteiger charge is 2.15. The second-order valence-corrected chi connectivity index (χ2v) is 6.39. The standard InChI is InChI=1S/C17H15ClN4OS/c1-2-10-22-16(12-5-7-13(18)8-6-12)20-21-17(22)24-11-15(23)14-4-3-9-19-14/h2-9,19H,1,10-11H2. The third kappa shape index (κ3) is 3.60. The molecule has 0 radical (unpaired) electrons. The molecule has 2 heterocycles. The first-order valence-electron chi connectivity index (χ1n) is 7.28. The first-order valence-corrected chi connectivity index (χ1v) is 8.65. The lowest BCUT2D eigenvalue weighted by atomic mass is 10.2. The minimum atomic E-state index is 0.0196. The van der Waals surface area contributed by atoms with Gasteiger partial charge in [0.2, 0.25) is 0 Å². The van der Waals surface area contributed by atoms with E-state index in [9.17, 15) is 4.79 Å². The summed E-state index contributed by atoms with van der Waals surface area (Å²) in [6.45, 7) is 4.34. The Morgan fingerprint density at radius 2 is 2.08 bits per heavy atom. The molecule has 0 amide bonds. The van der Waals surface area contributed by atoms with Crippen molar-refractivity contribution in [1.82, 2.24) is 19.7 Å². The van der Waals surface area contributed by atoms with Gasteiger partial charge in [-0.05, 0) is 36.4 Å². The number of allylic oxidation sites excluding steroid dienone is 1. The van der Waals surface area contributed by atoms with Crippen molar-refractivity contribution in [3.63, 3.8) is 0 Å². The maximum atomic E-state index is 12.1. The van der Waals surface area contributed by atoms with E-state index in [0.717, 1.165) is 11.4 Å². The zero-order chi connectivity index (χ0) is 16.9. The Morgan fingerprint density at radius 1 is 1.29 bits per heavy atom. The highest BCUT2D eigenvalue weighted by molar-refractivity contribution is 7.99. The summed E-state index contributed by atoms with van der Waals surface area (Å²) in [5.74, 6) is 1.03. The molecule has 3 aromatic rings. The molecule has 0 saturated carbocycles. The molecule has 0 aliphatic heterocycles. The molecule has 0 saturated heterocycles. The average molecular weight is 359 g/mol. The summed E-state index contributed by atoms with van der Waals surface area (Å²) in [6, 6.07) is 11.0. The quantitative estimate of drug-likeness (QED) is 0.392. The fraction of sp³-hybridized carbons (Fsp3) is 0.118. The molecule has 5 nitrogen and oxygen atoms in total. The average Bonchev–Trinajstić information content (AvgIpc) is 3.24. The van der Waals surface area contributed by atoms with Crippen LogP contribution in [-0.4, -0.2) is 31.3 Å². The highest BCUT2D eigenvalue weighted by atomic mass is 35.5. The van der Waals surface area contributed by atoms with Crippen molar-refractivity contribution < 1.29 is 4.79 Å². The van der Waals surface area contributed by atoms with Gasteiger partial charge in [-0.3, -0.25) is 9.36 Å². The van der Waals surface area contributed by atoms with Gasteiger partial charge >= 0.3 is 0 Å². The van der Waals surface area contributed by atoms with E-state index in [1.807, 2.05) is 28.8 Å². The van der Waals surface area contributed by atoms with Crippen LogP contribution in [0.2, 0.25) is 5.02 Å². The third-order valence-electron chi connectivity index (χ3n) is 3.36. The molecule has 122 valence electrons. The number of Topliss-reactive ketones (excluding diaryl/α,β-unsaturated/α-hetero) is 1. The van der Waals surface area contributed by atoms with Crippen molar-refractivity contribution in [2.45, 2.75) is 11.7 Å². The van der Waals surface area contributed by atoms with Crippen LogP contribution in [0.15, 0.2) is 60.4 Å². The molecular weight excluding hydrogens is 344 g/mol. The molecule has 2 aromatic heterocycles. The van der Waals surface area contributed by atoms with Crippen LogP contribution in [0.1, 0.15) is 10.5 Å². The Balaban J connectivity index is 1.82. The summed E-state index contributed by atoms with van der Waals surface area (Å²) in [6.07, 6.45) is 3.51. The Kier molecular flexibility index (Phi) is 5.17. The van der Waals surface area contributed by atoms with E-state index in [1.165, 1.54) is 11.8 Å². The molecule has 3 rings (SSSR count). The number of nitrogens with zero attached hydrogens (tertiary/aromatic N) is 3. The molecule has 1 aromatic carbocycles. The minimum absolute atomic E-state index is 0.0196. The van der Waals surface area contributed by atoms with Crippen molar-refractivity contribution >= 4 is 29.1 Å². The highest BCUT2D eigenvalue weighted by Crippen LogP contribution is 2.25. The van der Waals surface area contributed by atoms with Crippen LogP contribution in [0.3, 0.4) is 0 Å². The minimum Gasteiger partial charge on any atom is -0.359 e. The SMILES string of the molecule is C=CCn1c(SCC(=O)c2ccc[nH]2)nnc1-c1ccc(Cl)cc1. The Hall–Kier alpha value is -2.31. The zero-order valence-corrected chi connectivity index (χ0v) is 14.3. The Bertz CT molecular complexity index is 840. The van der Waals surface area contributed by atoms with Crippen LogP contribution in [0.5, 0.6) is 0 Å². The number of H-pyrrole nitrogens is 1. The second kappa shape index (κ2) is 7.51. The van der Waals surface area contributed by atoms with E-state index in [4.69, 9.17) is 11.6 Å². The maximum absolute atomic E-state index is 12.1. The van der Waals surface area contributed by atoms with Crippen molar-refractivity contribution in [2.24, 2.45) is 0 Å². The van der Waals surface area contributed by atoms with E-state index in [0.29, 0.717) is 22.4 Å². The molecule has 0 aliphatic rings. The van der Waals surface area contributed by atoms with Gasteiger partial charge < -0.3 is 4.98 Å².